The minimum atomic E-state index is -0.0119. The summed E-state index contributed by atoms with van der Waals surface area (Å²) in [5.74, 6) is 1.15. The Bertz CT molecular complexity index is 484. The van der Waals surface area contributed by atoms with Gasteiger partial charge in [-0.05, 0) is 14.0 Å². The molecule has 0 bridgehead atoms. The molecular formula is C13H17N3O2. The van der Waals surface area contributed by atoms with Crippen LogP contribution in [0.4, 0.5) is 0 Å². The second kappa shape index (κ2) is 5.75. The minimum Gasteiger partial charge on any atom is -0.395 e. The fourth-order valence-corrected chi connectivity index (χ4v) is 1.65. The number of rotatable bonds is 5. The van der Waals surface area contributed by atoms with Crippen LogP contribution in [-0.2, 0) is 0 Å². The molecule has 0 fully saturated rings. The van der Waals surface area contributed by atoms with Crippen LogP contribution < -0.4 is 0 Å². The van der Waals surface area contributed by atoms with Gasteiger partial charge in [-0.1, -0.05) is 35.5 Å². The molecule has 0 radical (unpaired) electrons. The number of aromatic nitrogens is 2. The fraction of sp³-hybridized carbons (Fsp3) is 0.385. The summed E-state index contributed by atoms with van der Waals surface area (Å²) in [6.07, 6.45) is 0. The topological polar surface area (TPSA) is 62.4 Å². The van der Waals surface area contributed by atoms with Crippen LogP contribution in [-0.4, -0.2) is 40.3 Å². The Morgan fingerprint density at radius 3 is 2.72 bits per heavy atom. The highest BCUT2D eigenvalue weighted by molar-refractivity contribution is 5.53. The summed E-state index contributed by atoms with van der Waals surface area (Å²) in [6, 6.07) is 9.69. The second-order valence-corrected chi connectivity index (χ2v) is 4.20. The Balaban J connectivity index is 2.15. The smallest absolute Gasteiger partial charge is 0.244 e. The Morgan fingerprint density at radius 2 is 2.06 bits per heavy atom. The van der Waals surface area contributed by atoms with Gasteiger partial charge in [-0.3, -0.25) is 4.90 Å². The van der Waals surface area contributed by atoms with Crippen molar-refractivity contribution in [3.8, 4) is 11.4 Å². The monoisotopic (exact) mass is 247 g/mol. The Hall–Kier alpha value is -1.72. The molecule has 1 unspecified atom stereocenters. The molecule has 0 saturated carbocycles. The second-order valence-electron chi connectivity index (χ2n) is 4.20. The van der Waals surface area contributed by atoms with Crippen LogP contribution in [0.2, 0.25) is 0 Å². The zero-order chi connectivity index (χ0) is 13.0. The van der Waals surface area contributed by atoms with E-state index in [1.807, 2.05) is 49.2 Å². The van der Waals surface area contributed by atoms with Crippen LogP contribution in [0.15, 0.2) is 34.9 Å². The maximum Gasteiger partial charge on any atom is 0.244 e. The predicted octanol–water partition coefficient (Wildman–Crippen LogP) is 1.72. The molecule has 1 heterocycles. The Kier molecular flexibility index (Phi) is 4.07. The molecule has 2 aromatic rings. The average Bonchev–Trinajstić information content (AvgIpc) is 2.89. The maximum atomic E-state index is 8.91. The third-order valence-corrected chi connectivity index (χ3v) is 2.94. The number of benzene rings is 1. The average molecular weight is 247 g/mol. The van der Waals surface area contributed by atoms with Crippen molar-refractivity contribution in [2.24, 2.45) is 0 Å². The predicted molar refractivity (Wildman–Crippen MR) is 67.9 cm³/mol. The molecule has 5 nitrogen and oxygen atoms in total. The van der Waals surface area contributed by atoms with Crippen molar-refractivity contribution in [1.82, 2.24) is 15.0 Å². The molecule has 0 aliphatic carbocycles. The van der Waals surface area contributed by atoms with E-state index in [2.05, 4.69) is 10.1 Å². The van der Waals surface area contributed by atoms with Crippen LogP contribution in [0.3, 0.4) is 0 Å². The lowest BCUT2D eigenvalue weighted by molar-refractivity contribution is 0.165. The molecule has 0 saturated heterocycles. The van der Waals surface area contributed by atoms with Crippen molar-refractivity contribution in [2.75, 3.05) is 20.2 Å². The number of likely N-dealkylation sites (N-methyl/N-ethyl adjacent to an activating group) is 1. The van der Waals surface area contributed by atoms with Gasteiger partial charge in [0.2, 0.25) is 11.7 Å². The number of nitrogens with zero attached hydrogens (tertiary/aromatic N) is 3. The molecule has 0 spiro atoms. The van der Waals surface area contributed by atoms with E-state index in [1.54, 1.807) is 0 Å². The van der Waals surface area contributed by atoms with Crippen molar-refractivity contribution in [2.45, 2.75) is 13.0 Å². The molecule has 18 heavy (non-hydrogen) atoms. The number of hydrogen-bond donors (Lipinski definition) is 1. The molecule has 0 aliphatic heterocycles. The molecule has 96 valence electrons. The van der Waals surface area contributed by atoms with Crippen molar-refractivity contribution >= 4 is 0 Å². The number of aliphatic hydroxyl groups excluding tert-OH is 1. The maximum absolute atomic E-state index is 8.91. The highest BCUT2D eigenvalue weighted by Crippen LogP contribution is 2.20. The van der Waals surface area contributed by atoms with E-state index in [0.29, 0.717) is 18.3 Å². The number of aliphatic hydroxyl groups is 1. The van der Waals surface area contributed by atoms with Gasteiger partial charge >= 0.3 is 0 Å². The molecule has 1 atom stereocenters. The van der Waals surface area contributed by atoms with Crippen LogP contribution >= 0.6 is 0 Å². The van der Waals surface area contributed by atoms with Gasteiger partial charge < -0.3 is 9.63 Å². The summed E-state index contributed by atoms with van der Waals surface area (Å²) in [4.78, 5) is 6.34. The highest BCUT2D eigenvalue weighted by Gasteiger charge is 2.18. The van der Waals surface area contributed by atoms with Crippen molar-refractivity contribution in [3.63, 3.8) is 0 Å². The van der Waals surface area contributed by atoms with Gasteiger partial charge in [0, 0.05) is 12.1 Å². The zero-order valence-corrected chi connectivity index (χ0v) is 10.6. The minimum absolute atomic E-state index is 0.0119. The first-order valence-corrected chi connectivity index (χ1v) is 5.92. The van der Waals surface area contributed by atoms with Gasteiger partial charge in [0.15, 0.2) is 0 Å². The van der Waals surface area contributed by atoms with Gasteiger partial charge in [-0.2, -0.15) is 4.98 Å². The fourth-order valence-electron chi connectivity index (χ4n) is 1.65. The molecule has 1 N–H and O–H groups in total. The first-order valence-electron chi connectivity index (χ1n) is 5.92. The van der Waals surface area contributed by atoms with E-state index in [1.165, 1.54) is 0 Å². The summed E-state index contributed by atoms with van der Waals surface area (Å²) < 4.78 is 5.26. The summed E-state index contributed by atoms with van der Waals surface area (Å²) in [5, 5.41) is 12.9. The molecule has 2 rings (SSSR count). The van der Waals surface area contributed by atoms with Gasteiger partial charge in [-0.15, -0.1) is 0 Å². The summed E-state index contributed by atoms with van der Waals surface area (Å²) in [7, 11) is 1.91. The molecule has 1 aromatic carbocycles. The summed E-state index contributed by atoms with van der Waals surface area (Å²) in [5.41, 5.74) is 0.935. The van der Waals surface area contributed by atoms with Crippen LogP contribution in [0, 0.1) is 0 Å². The Labute approximate surface area is 106 Å². The molecule has 5 heteroatoms. The lowest BCUT2D eigenvalue weighted by Crippen LogP contribution is -2.25. The summed E-state index contributed by atoms with van der Waals surface area (Å²) >= 11 is 0. The van der Waals surface area contributed by atoms with Gasteiger partial charge in [0.05, 0.1) is 12.6 Å². The first kappa shape index (κ1) is 12.7. The normalized spacial score (nSPS) is 12.9. The van der Waals surface area contributed by atoms with E-state index >= 15 is 0 Å². The molecule has 0 amide bonds. The third kappa shape index (κ3) is 2.75. The van der Waals surface area contributed by atoms with Gasteiger partial charge in [0.1, 0.15) is 0 Å². The van der Waals surface area contributed by atoms with Crippen LogP contribution in [0.5, 0.6) is 0 Å². The van der Waals surface area contributed by atoms with Gasteiger partial charge in [-0.25, -0.2) is 0 Å². The first-order chi connectivity index (χ1) is 8.72. The zero-order valence-electron chi connectivity index (χ0n) is 10.6. The van der Waals surface area contributed by atoms with Crippen molar-refractivity contribution in [1.29, 1.82) is 0 Å². The number of hydrogen-bond acceptors (Lipinski definition) is 5. The molecule has 1 aromatic heterocycles. The van der Waals surface area contributed by atoms with Gasteiger partial charge in [0.25, 0.3) is 0 Å². The third-order valence-electron chi connectivity index (χ3n) is 2.94. The van der Waals surface area contributed by atoms with E-state index in [9.17, 15) is 0 Å². The van der Waals surface area contributed by atoms with Crippen LogP contribution in [0.25, 0.3) is 11.4 Å². The van der Waals surface area contributed by atoms with E-state index in [0.717, 1.165) is 5.56 Å². The Morgan fingerprint density at radius 1 is 1.33 bits per heavy atom. The van der Waals surface area contributed by atoms with E-state index in [4.69, 9.17) is 9.63 Å². The molecular weight excluding hydrogens is 230 g/mol. The van der Waals surface area contributed by atoms with Crippen LogP contribution in [0.1, 0.15) is 18.9 Å². The largest absolute Gasteiger partial charge is 0.395 e. The lowest BCUT2D eigenvalue weighted by atomic mass is 10.2. The summed E-state index contributed by atoms with van der Waals surface area (Å²) in [6.45, 7) is 2.66. The van der Waals surface area contributed by atoms with E-state index < -0.39 is 0 Å². The molecule has 0 aliphatic rings. The van der Waals surface area contributed by atoms with Crippen molar-refractivity contribution < 1.29 is 9.63 Å². The SMILES string of the molecule is CC(c1nc(-c2ccccc2)no1)N(C)CCO. The highest BCUT2D eigenvalue weighted by atomic mass is 16.5. The standard InChI is InChI=1S/C13H17N3O2/c1-10(16(2)8-9-17)13-14-12(15-18-13)11-6-4-3-5-7-11/h3-7,10,17H,8-9H2,1-2H3. The lowest BCUT2D eigenvalue weighted by Gasteiger charge is -2.19. The van der Waals surface area contributed by atoms with Crippen molar-refractivity contribution in [3.05, 3.63) is 36.2 Å². The quantitative estimate of drug-likeness (QED) is 0.871. The van der Waals surface area contributed by atoms with E-state index in [-0.39, 0.29) is 12.6 Å².